The molecule has 80 valence electrons. The van der Waals surface area contributed by atoms with Crippen molar-refractivity contribution in [3.8, 4) is 0 Å². The summed E-state index contributed by atoms with van der Waals surface area (Å²) in [6, 6.07) is 6.10. The zero-order chi connectivity index (χ0) is 10.8. The van der Waals surface area contributed by atoms with Gasteiger partial charge < -0.3 is 5.73 Å². The van der Waals surface area contributed by atoms with Crippen molar-refractivity contribution in [3.63, 3.8) is 0 Å². The molecule has 0 unspecified atom stereocenters. The second-order valence-electron chi connectivity index (χ2n) is 3.68. The number of halogens is 1. The summed E-state index contributed by atoms with van der Waals surface area (Å²) in [5, 5.41) is 6.15. The van der Waals surface area contributed by atoms with Crippen LogP contribution in [0.3, 0.4) is 0 Å². The van der Waals surface area contributed by atoms with Crippen molar-refractivity contribution >= 4 is 22.5 Å². The van der Waals surface area contributed by atoms with E-state index in [1.807, 2.05) is 23.7 Å². The average molecular weight is 224 g/mol. The van der Waals surface area contributed by atoms with E-state index in [1.54, 1.807) is 0 Å². The number of benzene rings is 1. The number of hydrogen-bond donors (Lipinski definition) is 1. The summed E-state index contributed by atoms with van der Waals surface area (Å²) >= 11 is 6.22. The Hall–Kier alpha value is -1.06. The fourth-order valence-corrected chi connectivity index (χ4v) is 1.88. The van der Waals surface area contributed by atoms with E-state index >= 15 is 0 Å². The van der Waals surface area contributed by atoms with Gasteiger partial charge in [-0.3, -0.25) is 4.68 Å². The monoisotopic (exact) mass is 223 g/mol. The molecule has 0 spiro atoms. The van der Waals surface area contributed by atoms with Gasteiger partial charge in [0, 0.05) is 11.9 Å². The summed E-state index contributed by atoms with van der Waals surface area (Å²) in [6.07, 6.45) is 0.896. The van der Waals surface area contributed by atoms with Gasteiger partial charge in [-0.05, 0) is 32.0 Å². The molecule has 15 heavy (non-hydrogen) atoms. The Kier molecular flexibility index (Phi) is 2.93. The summed E-state index contributed by atoms with van der Waals surface area (Å²) in [5.41, 5.74) is 7.60. The van der Waals surface area contributed by atoms with Crippen LogP contribution in [0.4, 0.5) is 0 Å². The van der Waals surface area contributed by atoms with Crippen molar-refractivity contribution in [1.29, 1.82) is 0 Å². The van der Waals surface area contributed by atoms with E-state index in [4.69, 9.17) is 17.3 Å². The number of aryl methyl sites for hydroxylation is 2. The molecule has 0 saturated heterocycles. The summed E-state index contributed by atoms with van der Waals surface area (Å²) < 4.78 is 1.82. The van der Waals surface area contributed by atoms with Gasteiger partial charge >= 0.3 is 0 Å². The molecule has 2 N–H and O–H groups in total. The summed E-state index contributed by atoms with van der Waals surface area (Å²) in [7, 11) is 0. The quantitative estimate of drug-likeness (QED) is 0.868. The van der Waals surface area contributed by atoms with Crippen LogP contribution in [0, 0.1) is 6.92 Å². The van der Waals surface area contributed by atoms with Crippen molar-refractivity contribution in [1.82, 2.24) is 9.78 Å². The molecule has 0 aliphatic carbocycles. The van der Waals surface area contributed by atoms with Crippen LogP contribution in [0.1, 0.15) is 12.0 Å². The van der Waals surface area contributed by atoms with Gasteiger partial charge in [-0.2, -0.15) is 5.10 Å². The Bertz CT molecular complexity index is 476. The third-order valence-corrected chi connectivity index (χ3v) is 2.80. The van der Waals surface area contributed by atoms with Crippen molar-refractivity contribution in [3.05, 3.63) is 28.9 Å². The molecule has 0 amide bonds. The highest BCUT2D eigenvalue weighted by atomic mass is 35.5. The summed E-state index contributed by atoms with van der Waals surface area (Å²) in [4.78, 5) is 0. The first-order valence-electron chi connectivity index (χ1n) is 5.05. The van der Waals surface area contributed by atoms with E-state index in [2.05, 4.69) is 11.2 Å². The molecule has 0 atom stereocenters. The van der Waals surface area contributed by atoms with E-state index in [9.17, 15) is 0 Å². The van der Waals surface area contributed by atoms with Crippen LogP contribution in [0.15, 0.2) is 18.2 Å². The molecule has 1 heterocycles. The van der Waals surface area contributed by atoms with Gasteiger partial charge in [-0.15, -0.1) is 0 Å². The van der Waals surface area contributed by atoms with Gasteiger partial charge in [0.15, 0.2) is 0 Å². The minimum Gasteiger partial charge on any atom is -0.330 e. The third kappa shape index (κ3) is 1.98. The van der Waals surface area contributed by atoms with E-state index in [0.29, 0.717) is 11.7 Å². The topological polar surface area (TPSA) is 43.8 Å². The van der Waals surface area contributed by atoms with Crippen molar-refractivity contribution in [2.75, 3.05) is 6.54 Å². The van der Waals surface area contributed by atoms with Gasteiger partial charge in [-0.1, -0.05) is 23.2 Å². The van der Waals surface area contributed by atoms with Crippen molar-refractivity contribution in [2.24, 2.45) is 5.73 Å². The first-order valence-corrected chi connectivity index (χ1v) is 5.43. The maximum absolute atomic E-state index is 6.22. The molecule has 0 fully saturated rings. The highest BCUT2D eigenvalue weighted by molar-refractivity contribution is 6.34. The Balaban J connectivity index is 2.45. The largest absolute Gasteiger partial charge is 0.330 e. The highest BCUT2D eigenvalue weighted by Crippen LogP contribution is 2.24. The van der Waals surface area contributed by atoms with Crippen molar-refractivity contribution < 1.29 is 0 Å². The van der Waals surface area contributed by atoms with Crippen LogP contribution in [-0.4, -0.2) is 16.3 Å². The summed E-state index contributed by atoms with van der Waals surface area (Å²) in [5.74, 6) is 0. The van der Waals surface area contributed by atoms with E-state index in [1.165, 1.54) is 5.56 Å². The number of aromatic nitrogens is 2. The SMILES string of the molecule is Cc1ccc2nn(CCCN)c(Cl)c2c1. The molecule has 2 rings (SSSR count). The minimum absolute atomic E-state index is 0.658. The highest BCUT2D eigenvalue weighted by Gasteiger charge is 2.08. The number of hydrogen-bond acceptors (Lipinski definition) is 2. The van der Waals surface area contributed by atoms with Crippen LogP contribution in [0.25, 0.3) is 10.9 Å². The average Bonchev–Trinajstić information content (AvgIpc) is 2.53. The maximum Gasteiger partial charge on any atom is 0.134 e. The van der Waals surface area contributed by atoms with Gasteiger partial charge in [-0.25, -0.2) is 0 Å². The molecule has 2 aromatic rings. The Labute approximate surface area is 93.8 Å². The first-order chi connectivity index (χ1) is 7.22. The molecule has 3 nitrogen and oxygen atoms in total. The lowest BCUT2D eigenvalue weighted by Crippen LogP contribution is -2.06. The van der Waals surface area contributed by atoms with Gasteiger partial charge in [0.05, 0.1) is 5.52 Å². The molecular weight excluding hydrogens is 210 g/mol. The van der Waals surface area contributed by atoms with Gasteiger partial charge in [0.1, 0.15) is 5.15 Å². The Morgan fingerprint density at radius 2 is 2.27 bits per heavy atom. The van der Waals surface area contributed by atoms with Crippen LogP contribution < -0.4 is 5.73 Å². The minimum atomic E-state index is 0.658. The molecule has 1 aromatic heterocycles. The van der Waals surface area contributed by atoms with Crippen molar-refractivity contribution in [2.45, 2.75) is 19.9 Å². The van der Waals surface area contributed by atoms with Crippen LogP contribution in [0.5, 0.6) is 0 Å². The number of nitrogens with two attached hydrogens (primary N) is 1. The van der Waals surface area contributed by atoms with Gasteiger partial charge in [0.25, 0.3) is 0 Å². The molecule has 0 saturated carbocycles. The molecule has 4 heteroatoms. The lowest BCUT2D eigenvalue weighted by molar-refractivity contribution is 0.591. The Morgan fingerprint density at radius 1 is 1.47 bits per heavy atom. The molecular formula is C11H14ClN3. The molecule has 1 aromatic carbocycles. The van der Waals surface area contributed by atoms with Crippen LogP contribution in [-0.2, 0) is 6.54 Å². The Morgan fingerprint density at radius 3 is 3.00 bits per heavy atom. The smallest absolute Gasteiger partial charge is 0.134 e. The summed E-state index contributed by atoms with van der Waals surface area (Å²) in [6.45, 7) is 3.49. The van der Waals surface area contributed by atoms with Gasteiger partial charge in [0.2, 0.25) is 0 Å². The number of rotatable bonds is 3. The fraction of sp³-hybridized carbons (Fsp3) is 0.364. The molecule has 0 bridgehead atoms. The number of fused-ring (bicyclic) bond motifs is 1. The number of nitrogens with zero attached hydrogens (tertiary/aromatic N) is 2. The second kappa shape index (κ2) is 4.21. The zero-order valence-electron chi connectivity index (χ0n) is 8.70. The lowest BCUT2D eigenvalue weighted by Gasteiger charge is -1.99. The predicted octanol–water partition coefficient (Wildman–Crippen LogP) is 2.35. The molecule has 0 radical (unpaired) electrons. The van der Waals surface area contributed by atoms with E-state index in [-0.39, 0.29) is 0 Å². The van der Waals surface area contributed by atoms with E-state index < -0.39 is 0 Å². The molecule has 0 aliphatic rings. The van der Waals surface area contributed by atoms with Crippen LogP contribution >= 0.6 is 11.6 Å². The molecule has 0 aliphatic heterocycles. The zero-order valence-corrected chi connectivity index (χ0v) is 9.46. The lowest BCUT2D eigenvalue weighted by atomic mass is 10.2. The third-order valence-electron chi connectivity index (χ3n) is 2.40. The maximum atomic E-state index is 6.22. The van der Waals surface area contributed by atoms with Crippen LogP contribution in [0.2, 0.25) is 5.15 Å². The fourth-order valence-electron chi connectivity index (χ4n) is 1.60. The predicted molar refractivity (Wildman–Crippen MR) is 63.2 cm³/mol. The van der Waals surface area contributed by atoms with E-state index in [0.717, 1.165) is 23.9 Å². The first kappa shape index (κ1) is 10.5. The standard InChI is InChI=1S/C11H14ClN3/c1-8-3-4-10-9(7-8)11(12)15(14-10)6-2-5-13/h3-4,7H,2,5-6,13H2,1H3. The second-order valence-corrected chi connectivity index (χ2v) is 4.03. The normalized spacial score (nSPS) is 11.1.